The monoisotopic (exact) mass is 295 g/mol. The summed E-state index contributed by atoms with van der Waals surface area (Å²) in [4.78, 5) is 4.23. The first-order valence-corrected chi connectivity index (χ1v) is 7.51. The standard InChI is InChI=1S/C15H22ClN3O/c1-17-15(19-13-4-2-3-5-13)18-10-11-20-14-8-6-12(16)7-9-14/h6-9,13H,2-5,10-11H2,1H3,(H2,17,18,19). The number of ether oxygens (including phenoxy) is 1. The zero-order valence-electron chi connectivity index (χ0n) is 11.9. The minimum atomic E-state index is 0.568. The molecule has 1 aliphatic carbocycles. The minimum absolute atomic E-state index is 0.568. The van der Waals surface area contributed by atoms with Gasteiger partial charge in [0.2, 0.25) is 0 Å². The van der Waals surface area contributed by atoms with E-state index >= 15 is 0 Å². The third kappa shape index (κ3) is 4.93. The molecule has 1 saturated carbocycles. The second kappa shape index (κ2) is 8.00. The molecule has 0 radical (unpaired) electrons. The van der Waals surface area contributed by atoms with Gasteiger partial charge in [-0.25, -0.2) is 0 Å². The molecule has 0 atom stereocenters. The Hall–Kier alpha value is -1.42. The van der Waals surface area contributed by atoms with Gasteiger partial charge in [-0.05, 0) is 37.1 Å². The molecule has 5 heteroatoms. The molecule has 0 bridgehead atoms. The maximum absolute atomic E-state index is 5.82. The molecular weight excluding hydrogens is 274 g/mol. The molecule has 1 fully saturated rings. The van der Waals surface area contributed by atoms with E-state index in [1.54, 1.807) is 7.05 Å². The highest BCUT2D eigenvalue weighted by molar-refractivity contribution is 6.30. The first-order valence-electron chi connectivity index (χ1n) is 7.13. The van der Waals surface area contributed by atoms with Gasteiger partial charge < -0.3 is 15.4 Å². The van der Waals surface area contributed by atoms with E-state index in [1.807, 2.05) is 24.3 Å². The molecule has 0 aliphatic heterocycles. The fourth-order valence-electron chi connectivity index (χ4n) is 2.33. The second-order valence-corrected chi connectivity index (χ2v) is 5.36. The van der Waals surface area contributed by atoms with Gasteiger partial charge in [-0.15, -0.1) is 0 Å². The van der Waals surface area contributed by atoms with Crippen molar-refractivity contribution in [1.82, 2.24) is 10.6 Å². The Balaban J connectivity index is 1.64. The van der Waals surface area contributed by atoms with E-state index in [-0.39, 0.29) is 0 Å². The summed E-state index contributed by atoms with van der Waals surface area (Å²) >= 11 is 5.82. The average Bonchev–Trinajstić information content (AvgIpc) is 2.97. The van der Waals surface area contributed by atoms with Crippen LogP contribution in [0.2, 0.25) is 5.02 Å². The van der Waals surface area contributed by atoms with Crippen LogP contribution in [0, 0.1) is 0 Å². The summed E-state index contributed by atoms with van der Waals surface area (Å²) in [5, 5.41) is 7.42. The van der Waals surface area contributed by atoms with Crippen LogP contribution >= 0.6 is 11.6 Å². The number of benzene rings is 1. The normalized spacial score (nSPS) is 16.2. The first-order chi connectivity index (χ1) is 9.78. The minimum Gasteiger partial charge on any atom is -0.492 e. The summed E-state index contributed by atoms with van der Waals surface area (Å²) in [5.41, 5.74) is 0. The Labute approximate surface area is 125 Å². The van der Waals surface area contributed by atoms with Crippen molar-refractivity contribution in [3.8, 4) is 5.75 Å². The van der Waals surface area contributed by atoms with Crippen LogP contribution < -0.4 is 15.4 Å². The van der Waals surface area contributed by atoms with E-state index in [2.05, 4.69) is 15.6 Å². The van der Waals surface area contributed by atoms with Crippen LogP contribution in [0.3, 0.4) is 0 Å². The van der Waals surface area contributed by atoms with E-state index in [4.69, 9.17) is 16.3 Å². The number of guanidine groups is 1. The van der Waals surface area contributed by atoms with Gasteiger partial charge in [-0.1, -0.05) is 24.4 Å². The molecule has 4 nitrogen and oxygen atoms in total. The highest BCUT2D eigenvalue weighted by Gasteiger charge is 2.15. The van der Waals surface area contributed by atoms with Crippen molar-refractivity contribution in [1.29, 1.82) is 0 Å². The lowest BCUT2D eigenvalue weighted by Gasteiger charge is -2.16. The lowest BCUT2D eigenvalue weighted by atomic mass is 10.2. The summed E-state index contributed by atoms with van der Waals surface area (Å²) in [6.45, 7) is 1.31. The van der Waals surface area contributed by atoms with E-state index in [9.17, 15) is 0 Å². The summed E-state index contributed by atoms with van der Waals surface area (Å²) in [5.74, 6) is 1.69. The van der Waals surface area contributed by atoms with Crippen molar-refractivity contribution >= 4 is 17.6 Å². The molecule has 0 spiro atoms. The molecule has 2 N–H and O–H groups in total. The number of halogens is 1. The van der Waals surface area contributed by atoms with E-state index in [0.29, 0.717) is 12.6 Å². The van der Waals surface area contributed by atoms with Gasteiger partial charge in [-0.3, -0.25) is 4.99 Å². The van der Waals surface area contributed by atoms with Crippen LogP contribution in [-0.4, -0.2) is 32.2 Å². The maximum Gasteiger partial charge on any atom is 0.191 e. The lowest BCUT2D eigenvalue weighted by Crippen LogP contribution is -2.43. The zero-order valence-corrected chi connectivity index (χ0v) is 12.6. The molecule has 0 aromatic heterocycles. The van der Waals surface area contributed by atoms with Crippen LogP contribution in [0.1, 0.15) is 25.7 Å². The average molecular weight is 296 g/mol. The van der Waals surface area contributed by atoms with Crippen LogP contribution in [0.15, 0.2) is 29.3 Å². The summed E-state index contributed by atoms with van der Waals surface area (Å²) < 4.78 is 5.62. The fourth-order valence-corrected chi connectivity index (χ4v) is 2.45. The van der Waals surface area contributed by atoms with Gasteiger partial charge in [0.05, 0.1) is 6.54 Å². The molecule has 0 amide bonds. The van der Waals surface area contributed by atoms with Crippen LogP contribution in [-0.2, 0) is 0 Å². The van der Waals surface area contributed by atoms with Crippen molar-refractivity contribution in [3.63, 3.8) is 0 Å². The molecule has 2 rings (SSSR count). The first kappa shape index (κ1) is 15.0. The molecule has 0 unspecified atom stereocenters. The van der Waals surface area contributed by atoms with Crippen molar-refractivity contribution in [2.45, 2.75) is 31.7 Å². The summed E-state index contributed by atoms with van der Waals surface area (Å²) in [6.07, 6.45) is 5.10. The van der Waals surface area contributed by atoms with Gasteiger partial charge >= 0.3 is 0 Å². The van der Waals surface area contributed by atoms with Crippen LogP contribution in [0.5, 0.6) is 5.75 Å². The van der Waals surface area contributed by atoms with Crippen LogP contribution in [0.4, 0.5) is 0 Å². The predicted octanol–water partition coefficient (Wildman–Crippen LogP) is 2.83. The fraction of sp³-hybridized carbons (Fsp3) is 0.533. The topological polar surface area (TPSA) is 45.7 Å². The van der Waals surface area contributed by atoms with Gasteiger partial charge in [0, 0.05) is 18.1 Å². The highest BCUT2D eigenvalue weighted by Crippen LogP contribution is 2.17. The number of hydrogen-bond donors (Lipinski definition) is 2. The van der Waals surface area contributed by atoms with E-state index < -0.39 is 0 Å². The van der Waals surface area contributed by atoms with E-state index in [1.165, 1.54) is 25.7 Å². The molecule has 1 aromatic carbocycles. The number of rotatable bonds is 5. The van der Waals surface area contributed by atoms with Crippen molar-refractivity contribution in [2.75, 3.05) is 20.2 Å². The van der Waals surface area contributed by atoms with Gasteiger partial charge in [-0.2, -0.15) is 0 Å². The molecule has 1 aromatic rings. The number of nitrogens with one attached hydrogen (secondary N) is 2. The smallest absolute Gasteiger partial charge is 0.191 e. The van der Waals surface area contributed by atoms with Crippen molar-refractivity contribution in [3.05, 3.63) is 29.3 Å². The molecule has 110 valence electrons. The molecular formula is C15H22ClN3O. The van der Waals surface area contributed by atoms with Gasteiger partial charge in [0.15, 0.2) is 5.96 Å². The van der Waals surface area contributed by atoms with Gasteiger partial charge in [0.1, 0.15) is 12.4 Å². The Morgan fingerprint density at radius 3 is 2.65 bits per heavy atom. The molecule has 1 aliphatic rings. The van der Waals surface area contributed by atoms with Gasteiger partial charge in [0.25, 0.3) is 0 Å². The highest BCUT2D eigenvalue weighted by atomic mass is 35.5. The maximum atomic E-state index is 5.82. The zero-order chi connectivity index (χ0) is 14.2. The molecule has 0 heterocycles. The number of aliphatic imine (C=N–C) groups is 1. The largest absolute Gasteiger partial charge is 0.492 e. The Morgan fingerprint density at radius 2 is 2.00 bits per heavy atom. The Morgan fingerprint density at radius 1 is 1.30 bits per heavy atom. The third-order valence-electron chi connectivity index (χ3n) is 3.40. The Kier molecular flexibility index (Phi) is 5.99. The second-order valence-electron chi connectivity index (χ2n) is 4.93. The third-order valence-corrected chi connectivity index (χ3v) is 3.65. The van der Waals surface area contributed by atoms with E-state index in [0.717, 1.165) is 23.3 Å². The summed E-state index contributed by atoms with van der Waals surface area (Å²) in [6, 6.07) is 7.95. The molecule has 0 saturated heterocycles. The van der Waals surface area contributed by atoms with Crippen molar-refractivity contribution in [2.24, 2.45) is 4.99 Å². The SMILES string of the molecule is CN=C(NCCOc1ccc(Cl)cc1)NC1CCCC1. The lowest BCUT2D eigenvalue weighted by molar-refractivity contribution is 0.321. The number of hydrogen-bond acceptors (Lipinski definition) is 2. The number of nitrogens with zero attached hydrogens (tertiary/aromatic N) is 1. The quantitative estimate of drug-likeness (QED) is 0.499. The summed E-state index contributed by atoms with van der Waals surface area (Å²) in [7, 11) is 1.80. The molecule has 20 heavy (non-hydrogen) atoms. The van der Waals surface area contributed by atoms with Crippen molar-refractivity contribution < 1.29 is 4.74 Å². The Bertz CT molecular complexity index is 427. The predicted molar refractivity (Wildman–Crippen MR) is 83.7 cm³/mol. The van der Waals surface area contributed by atoms with Crippen LogP contribution in [0.25, 0.3) is 0 Å².